The minimum Gasteiger partial charge on any atom is -0.385 e. The zero-order chi connectivity index (χ0) is 15.0. The van der Waals surface area contributed by atoms with Crippen LogP contribution < -0.4 is 11.1 Å². The van der Waals surface area contributed by atoms with Crippen LogP contribution in [0.4, 0.5) is 4.39 Å². The maximum atomic E-state index is 13.2. The standard InChI is InChI=1S/C15H19FN2O2/c1-11(7-9-20-2)18-15(19)14-6-5-13(16)10-12(14)4-3-8-17/h5-6,10-11H,7-9,17H2,1-2H3,(H,18,19). The summed E-state index contributed by atoms with van der Waals surface area (Å²) in [5.41, 5.74) is 5.98. The summed E-state index contributed by atoms with van der Waals surface area (Å²) in [7, 11) is 1.61. The molecule has 5 heteroatoms. The average molecular weight is 278 g/mol. The molecule has 1 amide bonds. The van der Waals surface area contributed by atoms with Crippen LogP contribution in [0.3, 0.4) is 0 Å². The van der Waals surface area contributed by atoms with Crippen LogP contribution in [0.25, 0.3) is 0 Å². The Hall–Kier alpha value is -1.90. The van der Waals surface area contributed by atoms with E-state index in [-0.39, 0.29) is 18.5 Å². The lowest BCUT2D eigenvalue weighted by Crippen LogP contribution is -2.33. The van der Waals surface area contributed by atoms with Crippen LogP contribution in [0.15, 0.2) is 18.2 Å². The van der Waals surface area contributed by atoms with E-state index in [4.69, 9.17) is 10.5 Å². The van der Waals surface area contributed by atoms with E-state index in [1.165, 1.54) is 18.2 Å². The van der Waals surface area contributed by atoms with Crippen molar-refractivity contribution >= 4 is 5.91 Å². The first-order valence-electron chi connectivity index (χ1n) is 6.36. The SMILES string of the molecule is COCCC(C)NC(=O)c1ccc(F)cc1C#CCN. The molecule has 1 aromatic rings. The molecule has 4 nitrogen and oxygen atoms in total. The number of methoxy groups -OCH3 is 1. The van der Waals surface area contributed by atoms with Gasteiger partial charge in [-0.15, -0.1) is 0 Å². The number of carbonyl (C=O) groups excluding carboxylic acids is 1. The van der Waals surface area contributed by atoms with Gasteiger partial charge in [-0.1, -0.05) is 11.8 Å². The molecule has 0 spiro atoms. The van der Waals surface area contributed by atoms with Crippen LogP contribution in [0.2, 0.25) is 0 Å². The fourth-order valence-corrected chi connectivity index (χ4v) is 1.63. The fraction of sp³-hybridized carbons (Fsp3) is 0.400. The monoisotopic (exact) mass is 278 g/mol. The summed E-state index contributed by atoms with van der Waals surface area (Å²) in [6, 6.07) is 3.86. The molecule has 0 radical (unpaired) electrons. The van der Waals surface area contributed by atoms with Gasteiger partial charge in [0.05, 0.1) is 12.1 Å². The normalized spacial score (nSPS) is 11.4. The third kappa shape index (κ3) is 5.00. The number of nitrogens with one attached hydrogen (secondary N) is 1. The third-order valence-corrected chi connectivity index (χ3v) is 2.68. The summed E-state index contributed by atoms with van der Waals surface area (Å²) in [6.07, 6.45) is 0.702. The van der Waals surface area contributed by atoms with Crippen LogP contribution in [0.5, 0.6) is 0 Å². The number of halogens is 1. The molecule has 0 aliphatic carbocycles. The van der Waals surface area contributed by atoms with Gasteiger partial charge in [-0.05, 0) is 31.5 Å². The summed E-state index contributed by atoms with van der Waals surface area (Å²) < 4.78 is 18.2. The first-order chi connectivity index (χ1) is 9.58. The maximum Gasteiger partial charge on any atom is 0.252 e. The molecule has 108 valence electrons. The second-order valence-electron chi connectivity index (χ2n) is 4.35. The second kappa shape index (κ2) is 8.31. The van der Waals surface area contributed by atoms with E-state index in [0.717, 1.165) is 0 Å². The van der Waals surface area contributed by atoms with Crippen LogP contribution in [-0.2, 0) is 4.74 Å². The van der Waals surface area contributed by atoms with Crippen molar-refractivity contribution < 1.29 is 13.9 Å². The zero-order valence-corrected chi connectivity index (χ0v) is 11.7. The van der Waals surface area contributed by atoms with Gasteiger partial charge in [0, 0.05) is 25.3 Å². The van der Waals surface area contributed by atoms with Crippen molar-refractivity contribution in [2.45, 2.75) is 19.4 Å². The Balaban J connectivity index is 2.86. The van der Waals surface area contributed by atoms with Crippen molar-refractivity contribution in [2.75, 3.05) is 20.3 Å². The molecular weight excluding hydrogens is 259 g/mol. The van der Waals surface area contributed by atoms with Gasteiger partial charge < -0.3 is 15.8 Å². The summed E-state index contributed by atoms with van der Waals surface area (Å²) >= 11 is 0. The average Bonchev–Trinajstić information content (AvgIpc) is 2.42. The minimum atomic E-state index is -0.435. The molecule has 1 unspecified atom stereocenters. The quantitative estimate of drug-likeness (QED) is 0.798. The van der Waals surface area contributed by atoms with Crippen molar-refractivity contribution in [1.82, 2.24) is 5.32 Å². The van der Waals surface area contributed by atoms with Gasteiger partial charge in [0.2, 0.25) is 0 Å². The van der Waals surface area contributed by atoms with Gasteiger partial charge in [0.1, 0.15) is 5.82 Å². The molecule has 0 aliphatic heterocycles. The highest BCUT2D eigenvalue weighted by molar-refractivity contribution is 5.96. The zero-order valence-electron chi connectivity index (χ0n) is 11.7. The number of hydrogen-bond acceptors (Lipinski definition) is 3. The fourth-order valence-electron chi connectivity index (χ4n) is 1.63. The highest BCUT2D eigenvalue weighted by Crippen LogP contribution is 2.11. The van der Waals surface area contributed by atoms with Crippen LogP contribution in [0.1, 0.15) is 29.3 Å². The molecular formula is C15H19FN2O2. The summed E-state index contributed by atoms with van der Waals surface area (Å²) in [5, 5.41) is 2.83. The van der Waals surface area contributed by atoms with Crippen LogP contribution in [0, 0.1) is 17.7 Å². The Labute approximate surface area is 118 Å². The Morgan fingerprint density at radius 3 is 2.95 bits per heavy atom. The molecule has 0 heterocycles. The van der Waals surface area contributed by atoms with E-state index < -0.39 is 5.82 Å². The minimum absolute atomic E-state index is 0.0391. The summed E-state index contributed by atoms with van der Waals surface area (Å²) in [4.78, 5) is 12.1. The molecule has 20 heavy (non-hydrogen) atoms. The van der Waals surface area contributed by atoms with Gasteiger partial charge in [-0.2, -0.15) is 0 Å². The van der Waals surface area contributed by atoms with Gasteiger partial charge in [-0.3, -0.25) is 4.79 Å². The number of carbonyl (C=O) groups is 1. The number of nitrogens with two attached hydrogens (primary N) is 1. The molecule has 1 rings (SSSR count). The Morgan fingerprint density at radius 1 is 1.55 bits per heavy atom. The van der Waals surface area contributed by atoms with E-state index in [0.29, 0.717) is 24.2 Å². The van der Waals surface area contributed by atoms with Crippen molar-refractivity contribution in [2.24, 2.45) is 5.73 Å². The molecule has 3 N–H and O–H groups in total. The van der Waals surface area contributed by atoms with E-state index in [9.17, 15) is 9.18 Å². The van der Waals surface area contributed by atoms with E-state index in [2.05, 4.69) is 17.2 Å². The highest BCUT2D eigenvalue weighted by atomic mass is 19.1. The first kappa shape index (κ1) is 16.2. The molecule has 0 bridgehead atoms. The van der Waals surface area contributed by atoms with Gasteiger partial charge in [0.15, 0.2) is 0 Å². The molecule has 0 fully saturated rings. The lowest BCUT2D eigenvalue weighted by molar-refractivity contribution is 0.0929. The lowest BCUT2D eigenvalue weighted by Gasteiger charge is -2.14. The number of hydrogen-bond donors (Lipinski definition) is 2. The number of rotatable bonds is 5. The Bertz CT molecular complexity index is 520. The molecule has 0 saturated carbocycles. The summed E-state index contributed by atoms with van der Waals surface area (Å²) in [6.45, 7) is 2.60. The molecule has 1 atom stereocenters. The topological polar surface area (TPSA) is 64.3 Å². The smallest absolute Gasteiger partial charge is 0.252 e. The lowest BCUT2D eigenvalue weighted by atomic mass is 10.1. The maximum absolute atomic E-state index is 13.2. The predicted molar refractivity (Wildman–Crippen MR) is 75.8 cm³/mol. The van der Waals surface area contributed by atoms with Gasteiger partial charge >= 0.3 is 0 Å². The molecule has 0 saturated heterocycles. The largest absolute Gasteiger partial charge is 0.385 e. The summed E-state index contributed by atoms with van der Waals surface area (Å²) in [5.74, 6) is 4.62. The number of benzene rings is 1. The van der Waals surface area contributed by atoms with Crippen molar-refractivity contribution in [3.8, 4) is 11.8 Å². The van der Waals surface area contributed by atoms with Crippen molar-refractivity contribution in [3.63, 3.8) is 0 Å². The van der Waals surface area contributed by atoms with E-state index in [1.807, 2.05) is 6.92 Å². The van der Waals surface area contributed by atoms with E-state index >= 15 is 0 Å². The number of ether oxygens (including phenoxy) is 1. The van der Waals surface area contributed by atoms with Crippen LogP contribution in [-0.4, -0.2) is 32.2 Å². The van der Waals surface area contributed by atoms with Crippen molar-refractivity contribution in [1.29, 1.82) is 0 Å². The second-order valence-corrected chi connectivity index (χ2v) is 4.35. The van der Waals surface area contributed by atoms with E-state index in [1.54, 1.807) is 7.11 Å². The Morgan fingerprint density at radius 2 is 2.30 bits per heavy atom. The van der Waals surface area contributed by atoms with Crippen LogP contribution >= 0.6 is 0 Å². The third-order valence-electron chi connectivity index (χ3n) is 2.68. The highest BCUT2D eigenvalue weighted by Gasteiger charge is 2.13. The molecule has 0 aliphatic rings. The molecule has 0 aromatic heterocycles. The molecule has 1 aromatic carbocycles. The number of amides is 1. The van der Waals surface area contributed by atoms with Crippen molar-refractivity contribution in [3.05, 3.63) is 35.1 Å². The van der Waals surface area contributed by atoms with Gasteiger partial charge in [0.25, 0.3) is 5.91 Å². The first-order valence-corrected chi connectivity index (χ1v) is 6.36. The predicted octanol–water partition coefficient (Wildman–Crippen LogP) is 1.29. The van der Waals surface area contributed by atoms with Gasteiger partial charge in [-0.25, -0.2) is 4.39 Å². The Kier molecular flexibility index (Phi) is 6.71.